The zero-order valence-corrected chi connectivity index (χ0v) is 13.8. The molecular weight excluding hydrogens is 298 g/mol. The largest absolute Gasteiger partial charge is 0.393 e. The SMILES string of the molecule is Cc1ccccc1C#Cc1ccc(C(=O)N2CCC(O)CC2)cc1. The number of hydrogen-bond acceptors (Lipinski definition) is 2. The van der Waals surface area contributed by atoms with Gasteiger partial charge in [-0.2, -0.15) is 0 Å². The van der Waals surface area contributed by atoms with Gasteiger partial charge in [0.2, 0.25) is 0 Å². The molecule has 24 heavy (non-hydrogen) atoms. The number of nitrogens with zero attached hydrogens (tertiary/aromatic N) is 1. The van der Waals surface area contributed by atoms with Gasteiger partial charge in [-0.05, 0) is 55.7 Å². The second kappa shape index (κ2) is 7.33. The van der Waals surface area contributed by atoms with Crippen LogP contribution in [0.1, 0.15) is 39.9 Å². The fraction of sp³-hybridized carbons (Fsp3) is 0.286. The smallest absolute Gasteiger partial charge is 0.253 e. The van der Waals surface area contributed by atoms with Gasteiger partial charge in [-0.1, -0.05) is 30.0 Å². The van der Waals surface area contributed by atoms with Crippen molar-refractivity contribution in [1.29, 1.82) is 0 Å². The molecule has 0 aliphatic carbocycles. The monoisotopic (exact) mass is 319 g/mol. The van der Waals surface area contributed by atoms with Gasteiger partial charge in [0.1, 0.15) is 0 Å². The van der Waals surface area contributed by atoms with E-state index in [2.05, 4.69) is 11.8 Å². The van der Waals surface area contributed by atoms with Crippen molar-refractivity contribution in [3.05, 3.63) is 70.8 Å². The molecule has 2 aromatic carbocycles. The van der Waals surface area contributed by atoms with Crippen LogP contribution in [-0.4, -0.2) is 35.1 Å². The average molecular weight is 319 g/mol. The highest BCUT2D eigenvalue weighted by Crippen LogP contribution is 2.14. The van der Waals surface area contributed by atoms with E-state index in [-0.39, 0.29) is 12.0 Å². The van der Waals surface area contributed by atoms with Crippen molar-refractivity contribution in [2.45, 2.75) is 25.9 Å². The van der Waals surface area contributed by atoms with Crippen molar-refractivity contribution in [3.8, 4) is 11.8 Å². The van der Waals surface area contributed by atoms with Crippen LogP contribution in [0.4, 0.5) is 0 Å². The minimum absolute atomic E-state index is 0.0281. The Balaban J connectivity index is 1.70. The Morgan fingerprint density at radius 1 is 1.04 bits per heavy atom. The minimum atomic E-state index is -0.270. The Kier molecular flexibility index (Phi) is 4.98. The Hall–Kier alpha value is -2.57. The number of aliphatic hydroxyl groups excluding tert-OH is 1. The Bertz CT molecular complexity index is 775. The summed E-state index contributed by atoms with van der Waals surface area (Å²) in [6, 6.07) is 15.5. The van der Waals surface area contributed by atoms with Crippen LogP contribution in [0.2, 0.25) is 0 Å². The van der Waals surface area contributed by atoms with E-state index in [1.165, 1.54) is 0 Å². The summed E-state index contributed by atoms with van der Waals surface area (Å²) in [4.78, 5) is 14.3. The summed E-state index contributed by atoms with van der Waals surface area (Å²) < 4.78 is 0. The van der Waals surface area contributed by atoms with Crippen LogP contribution in [0.15, 0.2) is 48.5 Å². The third-order valence-corrected chi connectivity index (χ3v) is 4.37. The molecule has 0 aromatic heterocycles. The predicted molar refractivity (Wildman–Crippen MR) is 94.7 cm³/mol. The molecule has 122 valence electrons. The summed E-state index contributed by atoms with van der Waals surface area (Å²) in [5.41, 5.74) is 3.74. The Morgan fingerprint density at radius 3 is 2.38 bits per heavy atom. The first kappa shape index (κ1) is 16.3. The van der Waals surface area contributed by atoms with Gasteiger partial charge in [-0.15, -0.1) is 0 Å². The molecule has 1 saturated heterocycles. The zero-order chi connectivity index (χ0) is 16.9. The number of hydrogen-bond donors (Lipinski definition) is 1. The van der Waals surface area contributed by atoms with Crippen LogP contribution in [-0.2, 0) is 0 Å². The van der Waals surface area contributed by atoms with Crippen molar-refractivity contribution in [3.63, 3.8) is 0 Å². The van der Waals surface area contributed by atoms with E-state index in [9.17, 15) is 9.90 Å². The number of aliphatic hydroxyl groups is 1. The number of aryl methyl sites for hydroxylation is 1. The number of piperidine rings is 1. The first-order valence-electron chi connectivity index (χ1n) is 8.28. The lowest BCUT2D eigenvalue weighted by atomic mass is 10.1. The summed E-state index contributed by atoms with van der Waals surface area (Å²) in [5.74, 6) is 6.35. The van der Waals surface area contributed by atoms with Crippen molar-refractivity contribution in [1.82, 2.24) is 4.90 Å². The van der Waals surface area contributed by atoms with E-state index >= 15 is 0 Å². The second-order valence-corrected chi connectivity index (χ2v) is 6.17. The molecule has 0 spiro atoms. The highest BCUT2D eigenvalue weighted by molar-refractivity contribution is 5.94. The number of rotatable bonds is 1. The first-order chi connectivity index (χ1) is 11.6. The maximum absolute atomic E-state index is 12.4. The molecule has 2 aromatic rings. The molecule has 1 aliphatic rings. The Labute approximate surface area is 142 Å². The van der Waals surface area contributed by atoms with Gasteiger partial charge in [0.05, 0.1) is 6.10 Å². The topological polar surface area (TPSA) is 40.5 Å². The summed E-state index contributed by atoms with van der Waals surface area (Å²) in [6.07, 6.45) is 1.05. The van der Waals surface area contributed by atoms with Crippen LogP contribution >= 0.6 is 0 Å². The lowest BCUT2D eigenvalue weighted by Crippen LogP contribution is -2.40. The van der Waals surface area contributed by atoms with Crippen LogP contribution in [0.3, 0.4) is 0 Å². The molecule has 1 amide bonds. The fourth-order valence-corrected chi connectivity index (χ4v) is 2.80. The van der Waals surface area contributed by atoms with E-state index < -0.39 is 0 Å². The summed E-state index contributed by atoms with van der Waals surface area (Å²) in [5, 5.41) is 9.54. The number of carbonyl (C=O) groups excluding carboxylic acids is 1. The third-order valence-electron chi connectivity index (χ3n) is 4.37. The van der Waals surface area contributed by atoms with Gasteiger partial charge in [0.25, 0.3) is 5.91 Å². The average Bonchev–Trinajstić information content (AvgIpc) is 2.62. The van der Waals surface area contributed by atoms with Gasteiger partial charge in [0, 0.05) is 29.8 Å². The van der Waals surface area contributed by atoms with E-state index in [1.54, 1.807) is 4.90 Å². The molecule has 3 nitrogen and oxygen atoms in total. The lowest BCUT2D eigenvalue weighted by Gasteiger charge is -2.29. The first-order valence-corrected chi connectivity index (χ1v) is 8.28. The normalized spacial score (nSPS) is 14.8. The molecule has 1 aliphatic heterocycles. The van der Waals surface area contributed by atoms with Crippen LogP contribution < -0.4 is 0 Å². The number of carbonyl (C=O) groups is 1. The molecule has 0 atom stereocenters. The maximum atomic E-state index is 12.4. The molecule has 3 rings (SSSR count). The quantitative estimate of drug-likeness (QED) is 0.821. The van der Waals surface area contributed by atoms with E-state index in [0.717, 1.165) is 16.7 Å². The number of likely N-dealkylation sites (tertiary alicyclic amines) is 1. The van der Waals surface area contributed by atoms with Crippen molar-refractivity contribution < 1.29 is 9.90 Å². The van der Waals surface area contributed by atoms with Crippen molar-refractivity contribution in [2.75, 3.05) is 13.1 Å². The van der Waals surface area contributed by atoms with E-state index in [4.69, 9.17) is 0 Å². The summed E-state index contributed by atoms with van der Waals surface area (Å²) >= 11 is 0. The van der Waals surface area contributed by atoms with Crippen LogP contribution in [0.5, 0.6) is 0 Å². The molecule has 1 heterocycles. The molecule has 0 saturated carbocycles. The zero-order valence-electron chi connectivity index (χ0n) is 13.8. The van der Waals surface area contributed by atoms with Gasteiger partial charge in [-0.25, -0.2) is 0 Å². The number of benzene rings is 2. The molecule has 1 fully saturated rings. The maximum Gasteiger partial charge on any atom is 0.253 e. The standard InChI is InChI=1S/C21H21NO2/c1-16-4-2-3-5-18(16)9-6-17-7-10-19(11-8-17)21(24)22-14-12-20(23)13-15-22/h2-5,7-8,10-11,20,23H,12-15H2,1H3. The second-order valence-electron chi connectivity index (χ2n) is 6.17. The fourth-order valence-electron chi connectivity index (χ4n) is 2.80. The van der Waals surface area contributed by atoms with Gasteiger partial charge >= 0.3 is 0 Å². The number of amides is 1. The predicted octanol–water partition coefficient (Wildman–Crippen LogP) is 2.99. The van der Waals surface area contributed by atoms with Gasteiger partial charge in [0.15, 0.2) is 0 Å². The molecule has 0 unspecified atom stereocenters. The van der Waals surface area contributed by atoms with Gasteiger partial charge in [-0.3, -0.25) is 4.79 Å². The van der Waals surface area contributed by atoms with Crippen molar-refractivity contribution in [2.24, 2.45) is 0 Å². The van der Waals surface area contributed by atoms with E-state index in [1.807, 2.05) is 55.5 Å². The summed E-state index contributed by atoms with van der Waals surface area (Å²) in [6.45, 7) is 3.28. The molecule has 0 bridgehead atoms. The van der Waals surface area contributed by atoms with Crippen molar-refractivity contribution >= 4 is 5.91 Å². The Morgan fingerprint density at radius 2 is 1.71 bits per heavy atom. The molecule has 0 radical (unpaired) electrons. The molecule has 1 N–H and O–H groups in total. The van der Waals surface area contributed by atoms with Crippen LogP contribution in [0.25, 0.3) is 0 Å². The molecule has 3 heteroatoms. The highest BCUT2D eigenvalue weighted by atomic mass is 16.3. The van der Waals surface area contributed by atoms with Crippen LogP contribution in [0, 0.1) is 18.8 Å². The lowest BCUT2D eigenvalue weighted by molar-refractivity contribution is 0.0546. The van der Waals surface area contributed by atoms with E-state index in [0.29, 0.717) is 31.5 Å². The summed E-state index contributed by atoms with van der Waals surface area (Å²) in [7, 11) is 0. The molecular formula is C21H21NO2. The third kappa shape index (κ3) is 3.84. The minimum Gasteiger partial charge on any atom is -0.393 e. The van der Waals surface area contributed by atoms with Gasteiger partial charge < -0.3 is 10.0 Å². The highest BCUT2D eigenvalue weighted by Gasteiger charge is 2.21.